The third kappa shape index (κ3) is 4.27. The molecule has 148 valence electrons. The number of nitrogens with one attached hydrogen (secondary N) is 1. The average molecular weight is 381 g/mol. The van der Waals surface area contributed by atoms with Crippen LogP contribution in [0.3, 0.4) is 0 Å². The Balaban J connectivity index is 1.93. The van der Waals surface area contributed by atoms with E-state index >= 15 is 0 Å². The Morgan fingerprint density at radius 3 is 2.21 bits per heavy atom. The smallest absolute Gasteiger partial charge is 0.203 e. The number of hydrogen-bond donors (Lipinski definition) is 1. The number of para-hydroxylation sites is 1. The largest absolute Gasteiger partial charge is 0.493 e. The highest BCUT2D eigenvalue weighted by atomic mass is 16.5. The van der Waals surface area contributed by atoms with Crippen molar-refractivity contribution in [1.82, 2.24) is 9.97 Å². The lowest BCUT2D eigenvalue weighted by Crippen LogP contribution is -2.08. The first-order valence-electron chi connectivity index (χ1n) is 9.34. The van der Waals surface area contributed by atoms with Gasteiger partial charge in [0.1, 0.15) is 11.6 Å². The van der Waals surface area contributed by atoms with Gasteiger partial charge in [-0.1, -0.05) is 26.0 Å². The second kappa shape index (κ2) is 8.78. The molecule has 1 aromatic heterocycles. The minimum atomic E-state index is 0.490. The van der Waals surface area contributed by atoms with Crippen molar-refractivity contribution >= 4 is 16.7 Å². The Morgan fingerprint density at radius 1 is 0.929 bits per heavy atom. The maximum atomic E-state index is 5.45. The summed E-state index contributed by atoms with van der Waals surface area (Å²) in [5.41, 5.74) is 1.95. The van der Waals surface area contributed by atoms with Gasteiger partial charge in [-0.2, -0.15) is 0 Å². The summed E-state index contributed by atoms with van der Waals surface area (Å²) in [7, 11) is 4.83. The third-order valence-corrected chi connectivity index (χ3v) is 4.42. The molecule has 0 bridgehead atoms. The Bertz CT molecular complexity index is 932. The van der Waals surface area contributed by atoms with E-state index in [1.165, 1.54) is 0 Å². The topological polar surface area (TPSA) is 65.5 Å². The summed E-state index contributed by atoms with van der Waals surface area (Å²) in [6.45, 7) is 4.90. The molecule has 1 heterocycles. The second-order valence-electron chi connectivity index (χ2n) is 6.99. The zero-order chi connectivity index (χ0) is 20.1. The van der Waals surface area contributed by atoms with Crippen LogP contribution in [0.15, 0.2) is 36.4 Å². The summed E-state index contributed by atoms with van der Waals surface area (Å²) in [6.07, 6.45) is 0.837. The molecule has 0 radical (unpaired) electrons. The van der Waals surface area contributed by atoms with Gasteiger partial charge in [0.05, 0.1) is 26.8 Å². The third-order valence-electron chi connectivity index (χ3n) is 4.42. The van der Waals surface area contributed by atoms with Gasteiger partial charge in [0, 0.05) is 18.4 Å². The molecular formula is C22H27N3O3. The molecule has 2 aromatic carbocycles. The zero-order valence-electron chi connectivity index (χ0n) is 17.1. The van der Waals surface area contributed by atoms with E-state index in [0.717, 1.165) is 34.5 Å². The summed E-state index contributed by atoms with van der Waals surface area (Å²) in [5.74, 6) is 4.01. The van der Waals surface area contributed by atoms with Gasteiger partial charge in [0.15, 0.2) is 11.5 Å². The molecule has 1 N–H and O–H groups in total. The fourth-order valence-corrected chi connectivity index (χ4v) is 3.14. The minimum absolute atomic E-state index is 0.490. The number of methoxy groups -OCH3 is 3. The standard InChI is InChI=1S/C22H27N3O3/c1-14(2)10-20-24-17-9-7-6-8-16(17)22(25-20)23-13-15-11-18(26-3)21(28-5)19(12-15)27-4/h6-9,11-12,14H,10,13H2,1-5H3,(H,23,24,25). The van der Waals surface area contributed by atoms with Gasteiger partial charge >= 0.3 is 0 Å². The van der Waals surface area contributed by atoms with Crippen LogP contribution < -0.4 is 19.5 Å². The number of hydrogen-bond acceptors (Lipinski definition) is 6. The van der Waals surface area contributed by atoms with Crippen LogP contribution in [0.2, 0.25) is 0 Å². The van der Waals surface area contributed by atoms with E-state index in [1.54, 1.807) is 21.3 Å². The summed E-state index contributed by atoms with van der Waals surface area (Å²) < 4.78 is 16.3. The Labute approximate surface area is 165 Å². The molecule has 0 saturated heterocycles. The highest BCUT2D eigenvalue weighted by Crippen LogP contribution is 2.38. The van der Waals surface area contributed by atoms with E-state index in [-0.39, 0.29) is 0 Å². The van der Waals surface area contributed by atoms with E-state index in [1.807, 2.05) is 36.4 Å². The molecule has 3 aromatic rings. The van der Waals surface area contributed by atoms with Crippen molar-refractivity contribution in [2.24, 2.45) is 5.92 Å². The van der Waals surface area contributed by atoms with Gasteiger partial charge in [-0.05, 0) is 35.7 Å². The molecule has 0 aliphatic rings. The maximum absolute atomic E-state index is 5.45. The minimum Gasteiger partial charge on any atom is -0.493 e. The maximum Gasteiger partial charge on any atom is 0.203 e. The van der Waals surface area contributed by atoms with Crippen LogP contribution in [0.1, 0.15) is 25.2 Å². The van der Waals surface area contributed by atoms with Crippen molar-refractivity contribution in [3.05, 3.63) is 47.8 Å². The zero-order valence-corrected chi connectivity index (χ0v) is 17.1. The quantitative estimate of drug-likeness (QED) is 0.621. The van der Waals surface area contributed by atoms with Crippen molar-refractivity contribution in [2.45, 2.75) is 26.8 Å². The molecular weight excluding hydrogens is 354 g/mol. The average Bonchev–Trinajstić information content (AvgIpc) is 2.70. The summed E-state index contributed by atoms with van der Waals surface area (Å²) in [4.78, 5) is 9.47. The van der Waals surface area contributed by atoms with Crippen LogP contribution in [0.25, 0.3) is 10.9 Å². The predicted molar refractivity (Wildman–Crippen MR) is 112 cm³/mol. The van der Waals surface area contributed by atoms with Crippen molar-refractivity contribution in [2.75, 3.05) is 26.6 Å². The molecule has 0 saturated carbocycles. The van der Waals surface area contributed by atoms with Gasteiger partial charge in [-0.3, -0.25) is 0 Å². The molecule has 6 nitrogen and oxygen atoms in total. The summed E-state index contributed by atoms with van der Waals surface area (Å²) in [5, 5.41) is 4.46. The first-order valence-corrected chi connectivity index (χ1v) is 9.34. The molecule has 28 heavy (non-hydrogen) atoms. The number of nitrogens with zero attached hydrogens (tertiary/aromatic N) is 2. The lowest BCUT2D eigenvalue weighted by molar-refractivity contribution is 0.324. The molecule has 6 heteroatoms. The number of anilines is 1. The van der Waals surface area contributed by atoms with E-state index in [9.17, 15) is 0 Å². The highest BCUT2D eigenvalue weighted by molar-refractivity contribution is 5.89. The van der Waals surface area contributed by atoms with Gasteiger partial charge in [-0.15, -0.1) is 0 Å². The van der Waals surface area contributed by atoms with Crippen molar-refractivity contribution in [3.8, 4) is 17.2 Å². The number of ether oxygens (including phenoxy) is 3. The lowest BCUT2D eigenvalue weighted by atomic mass is 10.1. The Kier molecular flexibility index (Phi) is 6.19. The molecule has 0 aliphatic carbocycles. The van der Waals surface area contributed by atoms with Crippen LogP contribution in [-0.2, 0) is 13.0 Å². The normalized spacial score (nSPS) is 10.9. The van der Waals surface area contributed by atoms with Crippen LogP contribution in [0.4, 0.5) is 5.82 Å². The van der Waals surface area contributed by atoms with Gasteiger partial charge in [0.2, 0.25) is 5.75 Å². The van der Waals surface area contributed by atoms with Crippen LogP contribution >= 0.6 is 0 Å². The molecule has 3 rings (SSSR count). The van der Waals surface area contributed by atoms with E-state index in [0.29, 0.717) is 29.7 Å². The SMILES string of the molecule is COc1cc(CNc2nc(CC(C)C)nc3ccccc23)cc(OC)c1OC. The number of aromatic nitrogens is 2. The molecule has 0 atom stereocenters. The molecule has 0 fully saturated rings. The second-order valence-corrected chi connectivity index (χ2v) is 6.99. The van der Waals surface area contributed by atoms with Gasteiger partial charge in [0.25, 0.3) is 0 Å². The first-order chi connectivity index (χ1) is 13.5. The van der Waals surface area contributed by atoms with Crippen LogP contribution in [0, 0.1) is 5.92 Å². The summed E-state index contributed by atoms with van der Waals surface area (Å²) >= 11 is 0. The van der Waals surface area contributed by atoms with E-state index in [2.05, 4.69) is 19.2 Å². The van der Waals surface area contributed by atoms with E-state index < -0.39 is 0 Å². The Hall–Kier alpha value is -3.02. The van der Waals surface area contributed by atoms with Crippen molar-refractivity contribution in [3.63, 3.8) is 0 Å². The van der Waals surface area contributed by atoms with Crippen LogP contribution in [-0.4, -0.2) is 31.3 Å². The van der Waals surface area contributed by atoms with Gasteiger partial charge < -0.3 is 19.5 Å². The van der Waals surface area contributed by atoms with Crippen molar-refractivity contribution < 1.29 is 14.2 Å². The van der Waals surface area contributed by atoms with Gasteiger partial charge in [-0.25, -0.2) is 9.97 Å². The predicted octanol–water partition coefficient (Wildman–Crippen LogP) is 4.47. The lowest BCUT2D eigenvalue weighted by Gasteiger charge is -2.15. The molecule has 0 aliphatic heterocycles. The molecule has 0 spiro atoms. The highest BCUT2D eigenvalue weighted by Gasteiger charge is 2.14. The number of fused-ring (bicyclic) bond motifs is 1. The number of benzene rings is 2. The Morgan fingerprint density at radius 2 is 1.61 bits per heavy atom. The number of rotatable bonds is 8. The van der Waals surface area contributed by atoms with Crippen molar-refractivity contribution in [1.29, 1.82) is 0 Å². The summed E-state index contributed by atoms with van der Waals surface area (Å²) in [6, 6.07) is 11.9. The fourth-order valence-electron chi connectivity index (χ4n) is 3.14. The molecule has 0 amide bonds. The fraction of sp³-hybridized carbons (Fsp3) is 0.364. The first kappa shape index (κ1) is 19.7. The molecule has 0 unspecified atom stereocenters. The monoisotopic (exact) mass is 381 g/mol. The van der Waals surface area contributed by atoms with Crippen LogP contribution in [0.5, 0.6) is 17.2 Å². The van der Waals surface area contributed by atoms with E-state index in [4.69, 9.17) is 24.2 Å².